The van der Waals surface area contributed by atoms with Crippen LogP contribution in [-0.4, -0.2) is 20.3 Å². The molecular formula is C25H21FN4O3. The Balaban J connectivity index is 1.86. The van der Waals surface area contributed by atoms with Gasteiger partial charge in [0.05, 0.1) is 12.2 Å². The van der Waals surface area contributed by atoms with Crippen molar-refractivity contribution >= 4 is 11.6 Å². The monoisotopic (exact) mass is 444 g/mol. The SMILES string of the molecule is Cc1ccc(-n2nc(C(=O)Nc3ccc(F)cc3)c(=O)n(Cc3ccccc3)c2=O)cc1C. The first kappa shape index (κ1) is 21.9. The van der Waals surface area contributed by atoms with Crippen molar-refractivity contribution in [1.82, 2.24) is 14.3 Å². The molecule has 1 amide bonds. The molecule has 0 saturated heterocycles. The number of rotatable bonds is 5. The topological polar surface area (TPSA) is 86.0 Å². The zero-order valence-electron chi connectivity index (χ0n) is 18.1. The Morgan fingerprint density at radius 2 is 1.64 bits per heavy atom. The number of aromatic nitrogens is 3. The lowest BCUT2D eigenvalue weighted by Crippen LogP contribution is -2.45. The lowest BCUT2D eigenvalue weighted by atomic mass is 10.1. The van der Waals surface area contributed by atoms with Crippen LogP contribution in [0.25, 0.3) is 5.69 Å². The third-order valence-corrected chi connectivity index (χ3v) is 5.30. The first-order valence-corrected chi connectivity index (χ1v) is 10.3. The van der Waals surface area contributed by atoms with Crippen LogP contribution in [0.4, 0.5) is 10.1 Å². The molecule has 0 aliphatic rings. The molecule has 0 bridgehead atoms. The lowest BCUT2D eigenvalue weighted by Gasteiger charge is -2.13. The Bertz CT molecular complexity index is 1440. The summed E-state index contributed by atoms with van der Waals surface area (Å²) in [4.78, 5) is 39.3. The molecule has 0 atom stereocenters. The van der Waals surface area contributed by atoms with Crippen LogP contribution in [0, 0.1) is 19.7 Å². The summed E-state index contributed by atoms with van der Waals surface area (Å²) in [7, 11) is 0. The van der Waals surface area contributed by atoms with Crippen molar-refractivity contribution < 1.29 is 9.18 Å². The van der Waals surface area contributed by atoms with Crippen molar-refractivity contribution in [3.05, 3.63) is 122 Å². The summed E-state index contributed by atoms with van der Waals surface area (Å²) in [5.41, 5.74) is 1.47. The van der Waals surface area contributed by atoms with Crippen molar-refractivity contribution in [3.63, 3.8) is 0 Å². The number of halogens is 1. The van der Waals surface area contributed by atoms with E-state index in [0.717, 1.165) is 25.9 Å². The van der Waals surface area contributed by atoms with Gasteiger partial charge in [0.15, 0.2) is 0 Å². The number of hydrogen-bond donors (Lipinski definition) is 1. The van der Waals surface area contributed by atoms with Gasteiger partial charge < -0.3 is 5.32 Å². The molecule has 0 fully saturated rings. The van der Waals surface area contributed by atoms with E-state index in [1.165, 1.54) is 24.3 Å². The first-order chi connectivity index (χ1) is 15.8. The summed E-state index contributed by atoms with van der Waals surface area (Å²) in [6.07, 6.45) is 0. The summed E-state index contributed by atoms with van der Waals surface area (Å²) in [6, 6.07) is 19.4. The molecule has 1 aromatic heterocycles. The van der Waals surface area contributed by atoms with Crippen molar-refractivity contribution in [1.29, 1.82) is 0 Å². The number of amides is 1. The molecule has 0 aliphatic heterocycles. The Morgan fingerprint density at radius 3 is 2.30 bits per heavy atom. The van der Waals surface area contributed by atoms with E-state index in [9.17, 15) is 18.8 Å². The van der Waals surface area contributed by atoms with Crippen LogP contribution in [0.3, 0.4) is 0 Å². The van der Waals surface area contributed by atoms with Crippen LogP contribution < -0.4 is 16.6 Å². The van der Waals surface area contributed by atoms with Crippen molar-refractivity contribution in [2.75, 3.05) is 5.32 Å². The van der Waals surface area contributed by atoms with Crippen molar-refractivity contribution in [3.8, 4) is 5.69 Å². The van der Waals surface area contributed by atoms with Crippen LogP contribution in [0.1, 0.15) is 27.2 Å². The largest absolute Gasteiger partial charge is 0.352 e. The molecule has 3 aromatic carbocycles. The minimum atomic E-state index is -0.816. The van der Waals surface area contributed by atoms with Gasteiger partial charge in [-0.2, -0.15) is 9.78 Å². The maximum Gasteiger partial charge on any atom is 0.352 e. The summed E-state index contributed by atoms with van der Waals surface area (Å²) in [5.74, 6) is -1.26. The van der Waals surface area contributed by atoms with E-state index in [1.807, 2.05) is 26.0 Å². The quantitative estimate of drug-likeness (QED) is 0.511. The van der Waals surface area contributed by atoms with Crippen LogP contribution in [0.2, 0.25) is 0 Å². The van der Waals surface area contributed by atoms with Gasteiger partial charge >= 0.3 is 5.69 Å². The predicted octanol–water partition coefficient (Wildman–Crippen LogP) is 3.45. The van der Waals surface area contributed by atoms with Gasteiger partial charge in [0, 0.05) is 5.69 Å². The van der Waals surface area contributed by atoms with Gasteiger partial charge in [-0.3, -0.25) is 14.2 Å². The molecule has 0 radical (unpaired) electrons. The van der Waals surface area contributed by atoms with E-state index >= 15 is 0 Å². The number of nitrogens with zero attached hydrogens (tertiary/aromatic N) is 3. The Labute approximate surface area is 188 Å². The second kappa shape index (κ2) is 9.04. The summed E-state index contributed by atoms with van der Waals surface area (Å²) >= 11 is 0. The maximum atomic E-state index is 13.3. The fraction of sp³-hybridized carbons (Fsp3) is 0.120. The van der Waals surface area contributed by atoms with Gasteiger partial charge in [0.25, 0.3) is 11.5 Å². The van der Waals surface area contributed by atoms with Gasteiger partial charge in [-0.15, -0.1) is 0 Å². The number of carbonyl (C=O) groups excluding carboxylic acids is 1. The fourth-order valence-corrected chi connectivity index (χ4v) is 3.31. The van der Waals surface area contributed by atoms with Crippen LogP contribution >= 0.6 is 0 Å². The van der Waals surface area contributed by atoms with Gasteiger partial charge in [0.1, 0.15) is 5.82 Å². The van der Waals surface area contributed by atoms with Gasteiger partial charge in [0.2, 0.25) is 5.69 Å². The second-order valence-electron chi connectivity index (χ2n) is 7.65. The molecule has 166 valence electrons. The first-order valence-electron chi connectivity index (χ1n) is 10.3. The van der Waals surface area contributed by atoms with Crippen LogP contribution in [0.5, 0.6) is 0 Å². The van der Waals surface area contributed by atoms with Crippen molar-refractivity contribution in [2.45, 2.75) is 20.4 Å². The second-order valence-corrected chi connectivity index (χ2v) is 7.65. The molecule has 33 heavy (non-hydrogen) atoms. The summed E-state index contributed by atoms with van der Waals surface area (Å²) < 4.78 is 15.2. The molecule has 4 rings (SSSR count). The highest BCUT2D eigenvalue weighted by Gasteiger charge is 2.21. The molecule has 1 heterocycles. The minimum Gasteiger partial charge on any atom is -0.320 e. The number of carbonyl (C=O) groups is 1. The van der Waals surface area contributed by atoms with E-state index in [0.29, 0.717) is 11.4 Å². The molecule has 0 spiro atoms. The average molecular weight is 444 g/mol. The van der Waals surface area contributed by atoms with E-state index in [1.54, 1.807) is 36.4 Å². The standard InChI is InChI=1S/C25H21FN4O3/c1-16-8-13-21(14-17(16)2)30-25(33)29(15-18-6-4-3-5-7-18)24(32)22(28-30)23(31)27-20-11-9-19(26)10-12-20/h3-14H,15H2,1-2H3,(H,27,31). The maximum absolute atomic E-state index is 13.3. The number of anilines is 1. The van der Waals surface area contributed by atoms with Crippen molar-refractivity contribution in [2.24, 2.45) is 0 Å². The average Bonchev–Trinajstić information content (AvgIpc) is 2.81. The fourth-order valence-electron chi connectivity index (χ4n) is 3.31. The van der Waals surface area contributed by atoms with Crippen LogP contribution in [0.15, 0.2) is 82.4 Å². The molecule has 1 N–H and O–H groups in total. The van der Waals surface area contributed by atoms with Crippen LogP contribution in [-0.2, 0) is 6.54 Å². The Hall–Kier alpha value is -4.33. The smallest absolute Gasteiger partial charge is 0.320 e. The highest BCUT2D eigenvalue weighted by atomic mass is 19.1. The molecule has 7 nitrogen and oxygen atoms in total. The highest BCUT2D eigenvalue weighted by Crippen LogP contribution is 2.13. The molecule has 8 heteroatoms. The van der Waals surface area contributed by atoms with E-state index < -0.39 is 28.7 Å². The minimum absolute atomic E-state index is 0.0251. The molecular weight excluding hydrogens is 423 g/mol. The molecule has 4 aromatic rings. The summed E-state index contributed by atoms with van der Waals surface area (Å²) in [5, 5.41) is 6.65. The lowest BCUT2D eigenvalue weighted by molar-refractivity contribution is 0.101. The van der Waals surface area contributed by atoms with Gasteiger partial charge in [-0.05, 0) is 66.9 Å². The highest BCUT2D eigenvalue weighted by molar-refractivity contribution is 6.02. The number of aryl methyl sites for hydroxylation is 2. The Kier molecular flexibility index (Phi) is 5.99. The van der Waals surface area contributed by atoms with Gasteiger partial charge in [-0.25, -0.2) is 9.18 Å². The number of nitrogens with one attached hydrogen (secondary N) is 1. The number of benzene rings is 3. The van der Waals surface area contributed by atoms with E-state index in [4.69, 9.17) is 0 Å². The Morgan fingerprint density at radius 1 is 0.939 bits per heavy atom. The normalized spacial score (nSPS) is 10.8. The molecule has 0 unspecified atom stereocenters. The number of hydrogen-bond acceptors (Lipinski definition) is 4. The van der Waals surface area contributed by atoms with E-state index in [2.05, 4.69) is 10.4 Å². The zero-order chi connectivity index (χ0) is 23.5. The zero-order valence-corrected chi connectivity index (χ0v) is 18.1. The predicted molar refractivity (Wildman–Crippen MR) is 123 cm³/mol. The third kappa shape index (κ3) is 4.64. The third-order valence-electron chi connectivity index (χ3n) is 5.30. The van der Waals surface area contributed by atoms with Gasteiger partial charge in [-0.1, -0.05) is 36.4 Å². The summed E-state index contributed by atoms with van der Waals surface area (Å²) in [6.45, 7) is 3.81. The molecule has 0 saturated carbocycles. The van der Waals surface area contributed by atoms with E-state index in [-0.39, 0.29) is 6.54 Å². The molecule has 0 aliphatic carbocycles.